The summed E-state index contributed by atoms with van der Waals surface area (Å²) < 4.78 is 3.01. The van der Waals surface area contributed by atoms with Crippen LogP contribution in [-0.2, 0) is 4.79 Å². The molecule has 0 spiro atoms. The molecule has 5 nitrogen and oxygen atoms in total. The first-order chi connectivity index (χ1) is 7.07. The van der Waals surface area contributed by atoms with Gasteiger partial charge in [0.05, 0.1) is 0 Å². The number of carboxylic acids is 1. The van der Waals surface area contributed by atoms with Crippen LogP contribution in [0.1, 0.15) is 26.2 Å². The van der Waals surface area contributed by atoms with Crippen LogP contribution in [0.15, 0.2) is 4.99 Å². The van der Waals surface area contributed by atoms with Gasteiger partial charge in [0.15, 0.2) is 0 Å². The molecule has 0 amide bonds. The molecule has 0 aromatic rings. The quantitative estimate of drug-likeness (QED) is 0.263. The highest BCUT2D eigenvalue weighted by Crippen LogP contribution is 1.99. The largest absolute Gasteiger partial charge is 0.480 e. The predicted octanol–water partition coefficient (Wildman–Crippen LogP) is 0.855. The van der Waals surface area contributed by atoms with Crippen LogP contribution in [0.4, 0.5) is 0 Å². The molecule has 0 saturated heterocycles. The van der Waals surface area contributed by atoms with E-state index in [9.17, 15) is 4.79 Å². The van der Waals surface area contributed by atoms with E-state index in [-0.39, 0.29) is 0 Å². The van der Waals surface area contributed by atoms with Crippen molar-refractivity contribution in [3.05, 3.63) is 0 Å². The van der Waals surface area contributed by atoms with Crippen LogP contribution in [0.5, 0.6) is 0 Å². The Hall–Kier alpha value is -0.750. The minimum absolute atomic E-state index is 0.514. The van der Waals surface area contributed by atoms with Crippen LogP contribution in [0.3, 0.4) is 0 Å². The van der Waals surface area contributed by atoms with Crippen molar-refractivity contribution in [1.29, 1.82) is 0 Å². The lowest BCUT2D eigenvalue weighted by molar-refractivity contribution is -0.138. The number of aliphatic imine (C=N–C) groups is 1. The number of rotatable bonds is 7. The van der Waals surface area contributed by atoms with E-state index in [0.717, 1.165) is 18.7 Å². The molecule has 0 aromatic heterocycles. The van der Waals surface area contributed by atoms with Gasteiger partial charge < -0.3 is 15.6 Å². The van der Waals surface area contributed by atoms with Crippen LogP contribution < -0.4 is 10.5 Å². The van der Waals surface area contributed by atoms with Crippen molar-refractivity contribution in [3.63, 3.8) is 0 Å². The monoisotopic (exact) mass is 233 g/mol. The Morgan fingerprint density at radius 3 is 2.80 bits per heavy atom. The third kappa shape index (κ3) is 8.26. The van der Waals surface area contributed by atoms with Gasteiger partial charge in [-0.3, -0.25) is 9.79 Å². The zero-order valence-electron chi connectivity index (χ0n) is 9.19. The summed E-state index contributed by atoms with van der Waals surface area (Å²) in [5, 5.41) is 8.53. The third-order valence-electron chi connectivity index (χ3n) is 1.84. The van der Waals surface area contributed by atoms with E-state index in [4.69, 9.17) is 10.8 Å². The molecule has 88 valence electrons. The lowest BCUT2D eigenvalue weighted by Gasteiger charge is -2.05. The first kappa shape index (κ1) is 14.2. The number of aliphatic carboxylic acids is 1. The van der Waals surface area contributed by atoms with Crippen molar-refractivity contribution in [3.8, 4) is 0 Å². The Kier molecular flexibility index (Phi) is 8.12. The summed E-state index contributed by atoms with van der Waals surface area (Å²) in [6.45, 7) is 2.62. The smallest absolute Gasteiger partial charge is 0.320 e. The predicted molar refractivity (Wildman–Crippen MR) is 64.1 cm³/mol. The van der Waals surface area contributed by atoms with Gasteiger partial charge in [-0.05, 0) is 26.2 Å². The molecule has 0 aliphatic carbocycles. The SMILES string of the molecule is CSNC(C)=NCCCC[C@H](N)C(=O)O. The van der Waals surface area contributed by atoms with Crippen LogP contribution in [0.2, 0.25) is 0 Å². The van der Waals surface area contributed by atoms with E-state index in [0.29, 0.717) is 13.0 Å². The summed E-state index contributed by atoms with van der Waals surface area (Å²) in [5.74, 6) is -0.0382. The number of hydrogen-bond acceptors (Lipinski definition) is 4. The first-order valence-corrected chi connectivity index (χ1v) is 6.08. The molecule has 0 radical (unpaired) electrons. The van der Waals surface area contributed by atoms with Crippen LogP contribution in [-0.4, -0.2) is 35.8 Å². The summed E-state index contributed by atoms with van der Waals surface area (Å²) in [6, 6.07) is -0.737. The first-order valence-electron chi connectivity index (χ1n) is 4.86. The highest BCUT2D eigenvalue weighted by Gasteiger charge is 2.09. The van der Waals surface area contributed by atoms with Gasteiger partial charge in [-0.15, -0.1) is 0 Å². The lowest BCUT2D eigenvalue weighted by Crippen LogP contribution is -2.29. The molecule has 0 saturated carbocycles. The maximum atomic E-state index is 10.4. The number of unbranched alkanes of at least 4 members (excludes halogenated alkanes) is 1. The van der Waals surface area contributed by atoms with Crippen LogP contribution >= 0.6 is 11.9 Å². The topological polar surface area (TPSA) is 87.7 Å². The van der Waals surface area contributed by atoms with Crippen LogP contribution in [0, 0.1) is 0 Å². The zero-order chi connectivity index (χ0) is 11.7. The number of nitrogens with zero attached hydrogens (tertiary/aromatic N) is 1. The summed E-state index contributed by atoms with van der Waals surface area (Å²) in [6.07, 6.45) is 4.11. The summed E-state index contributed by atoms with van der Waals surface area (Å²) >= 11 is 1.50. The molecule has 4 N–H and O–H groups in total. The average molecular weight is 233 g/mol. The van der Waals surface area contributed by atoms with Gasteiger partial charge in [0, 0.05) is 12.8 Å². The molecule has 1 atom stereocenters. The number of carboxylic acid groups (broad SMARTS) is 1. The van der Waals surface area contributed by atoms with Gasteiger partial charge >= 0.3 is 5.97 Å². The Morgan fingerprint density at radius 1 is 1.60 bits per heavy atom. The molecule has 0 heterocycles. The molecule has 0 aliphatic heterocycles. The van der Waals surface area contributed by atoms with Gasteiger partial charge in [0.1, 0.15) is 11.9 Å². The summed E-state index contributed by atoms with van der Waals surface area (Å²) in [7, 11) is 0. The lowest BCUT2D eigenvalue weighted by atomic mass is 10.1. The molecule has 0 bridgehead atoms. The fourth-order valence-corrected chi connectivity index (χ4v) is 1.39. The molecule has 0 rings (SSSR count). The van der Waals surface area contributed by atoms with Crippen molar-refractivity contribution >= 4 is 23.8 Å². The molecule has 0 aliphatic rings. The fraction of sp³-hybridized carbons (Fsp3) is 0.778. The standard InChI is InChI=1S/C9H19N3O2S/c1-7(12-15-2)11-6-4-3-5-8(10)9(13)14/h8H,3-6,10H2,1-2H3,(H,11,12)(H,13,14)/t8-/m0/s1. The average Bonchev–Trinajstić information content (AvgIpc) is 2.17. The van der Waals surface area contributed by atoms with Crippen molar-refractivity contribution in [2.75, 3.05) is 12.8 Å². The van der Waals surface area contributed by atoms with Gasteiger partial charge in [-0.25, -0.2) is 0 Å². The Bertz CT molecular complexity index is 221. The van der Waals surface area contributed by atoms with Crippen molar-refractivity contribution in [2.45, 2.75) is 32.2 Å². The number of hydrogen-bond donors (Lipinski definition) is 3. The van der Waals surface area contributed by atoms with Gasteiger partial charge in [-0.1, -0.05) is 11.9 Å². The second-order valence-electron chi connectivity index (χ2n) is 3.21. The maximum absolute atomic E-state index is 10.4. The number of nitrogens with two attached hydrogens (primary N) is 1. The van der Waals surface area contributed by atoms with Crippen LogP contribution in [0.25, 0.3) is 0 Å². The second-order valence-corrected chi connectivity index (χ2v) is 3.83. The molecule has 0 unspecified atom stereocenters. The molecular formula is C9H19N3O2S. The number of nitrogens with one attached hydrogen (secondary N) is 1. The highest BCUT2D eigenvalue weighted by molar-refractivity contribution is 7.97. The van der Waals surface area contributed by atoms with E-state index in [1.54, 1.807) is 0 Å². The van der Waals surface area contributed by atoms with E-state index < -0.39 is 12.0 Å². The summed E-state index contributed by atoms with van der Waals surface area (Å²) in [4.78, 5) is 14.6. The Balaban J connectivity index is 3.47. The van der Waals surface area contributed by atoms with Crippen molar-refractivity contribution in [2.24, 2.45) is 10.7 Å². The fourth-order valence-electron chi connectivity index (χ4n) is 1.03. The third-order valence-corrected chi connectivity index (χ3v) is 2.34. The number of carbonyl (C=O) groups is 1. The second kappa shape index (κ2) is 8.55. The van der Waals surface area contributed by atoms with Gasteiger partial charge in [0.25, 0.3) is 0 Å². The summed E-state index contributed by atoms with van der Waals surface area (Å²) in [5.41, 5.74) is 5.36. The van der Waals surface area contributed by atoms with Crippen molar-refractivity contribution in [1.82, 2.24) is 4.72 Å². The van der Waals surface area contributed by atoms with E-state index in [1.807, 2.05) is 13.2 Å². The van der Waals surface area contributed by atoms with Gasteiger partial charge in [0.2, 0.25) is 0 Å². The minimum atomic E-state index is -0.932. The van der Waals surface area contributed by atoms with Gasteiger partial charge in [-0.2, -0.15) is 0 Å². The molecule has 0 fully saturated rings. The van der Waals surface area contributed by atoms with Crippen molar-refractivity contribution < 1.29 is 9.90 Å². The molecule has 15 heavy (non-hydrogen) atoms. The Labute approximate surface area is 94.7 Å². The minimum Gasteiger partial charge on any atom is -0.480 e. The van der Waals surface area contributed by atoms with E-state index in [2.05, 4.69) is 9.71 Å². The zero-order valence-corrected chi connectivity index (χ0v) is 10.0. The molecule has 0 aromatic carbocycles. The van der Waals surface area contributed by atoms with E-state index in [1.165, 1.54) is 11.9 Å². The normalized spacial score (nSPS) is 13.7. The highest BCUT2D eigenvalue weighted by atomic mass is 32.2. The Morgan fingerprint density at radius 2 is 2.27 bits per heavy atom. The molecular weight excluding hydrogens is 214 g/mol. The molecule has 6 heteroatoms. The number of amidine groups is 1. The maximum Gasteiger partial charge on any atom is 0.320 e. The van der Waals surface area contributed by atoms with E-state index >= 15 is 0 Å².